The Labute approximate surface area is 221 Å². The zero-order chi connectivity index (χ0) is 27.0. The molecule has 0 atom stereocenters. The summed E-state index contributed by atoms with van der Waals surface area (Å²) in [5, 5.41) is 0.0975. The lowest BCUT2D eigenvalue weighted by atomic mass is 10.2. The zero-order valence-electron chi connectivity index (χ0n) is 21.0. The molecule has 0 radical (unpaired) electrons. The van der Waals surface area contributed by atoms with Gasteiger partial charge in [-0.15, -0.1) is 0 Å². The number of methoxy groups -OCH3 is 2. The molecule has 0 aliphatic carbocycles. The van der Waals surface area contributed by atoms with Crippen molar-refractivity contribution in [3.8, 4) is 11.5 Å². The van der Waals surface area contributed by atoms with Gasteiger partial charge in [0.05, 0.1) is 24.7 Å². The highest BCUT2D eigenvalue weighted by Crippen LogP contribution is 2.30. The summed E-state index contributed by atoms with van der Waals surface area (Å²) in [5.41, 5.74) is 2.78. The minimum Gasteiger partial charge on any atom is -0.744 e. The van der Waals surface area contributed by atoms with Gasteiger partial charge in [0, 0.05) is 0 Å². The molecular formula is C29H28O6S2. The smallest absolute Gasteiger partial charge is 0.373 e. The van der Waals surface area contributed by atoms with E-state index in [0.29, 0.717) is 5.56 Å². The van der Waals surface area contributed by atoms with E-state index in [-0.39, 0.29) is 10.0 Å². The number of carbonyl (C=O) groups excluding carboxylic acids is 1. The van der Waals surface area contributed by atoms with Gasteiger partial charge in [-0.25, -0.2) is 13.2 Å². The highest BCUT2D eigenvalue weighted by Gasteiger charge is 2.36. The van der Waals surface area contributed by atoms with Gasteiger partial charge in [0.1, 0.15) is 32.5 Å². The van der Waals surface area contributed by atoms with Crippen LogP contribution in [0, 0.1) is 13.8 Å². The van der Waals surface area contributed by atoms with Gasteiger partial charge < -0.3 is 14.0 Å². The molecule has 0 aromatic heterocycles. The largest absolute Gasteiger partial charge is 0.744 e. The lowest BCUT2D eigenvalue weighted by Crippen LogP contribution is -2.16. The minimum atomic E-state index is -4.27. The summed E-state index contributed by atoms with van der Waals surface area (Å²) in [7, 11) is -1.72. The van der Waals surface area contributed by atoms with Crippen molar-refractivity contribution in [3.05, 3.63) is 114 Å². The molecule has 0 bridgehead atoms. The van der Waals surface area contributed by atoms with Gasteiger partial charge in [-0.1, -0.05) is 35.4 Å². The Morgan fingerprint density at radius 1 is 0.649 bits per heavy atom. The summed E-state index contributed by atoms with van der Waals surface area (Å²) >= 11 is 0. The van der Waals surface area contributed by atoms with E-state index in [1.54, 1.807) is 26.4 Å². The van der Waals surface area contributed by atoms with E-state index < -0.39 is 21.0 Å². The number of benzene rings is 4. The Morgan fingerprint density at radius 3 is 1.38 bits per heavy atom. The molecule has 0 fully saturated rings. The van der Waals surface area contributed by atoms with Crippen LogP contribution < -0.4 is 9.47 Å². The molecule has 6 nitrogen and oxygen atoms in total. The summed E-state index contributed by atoms with van der Waals surface area (Å²) in [6.45, 7) is 3.84. The zero-order valence-corrected chi connectivity index (χ0v) is 22.6. The maximum atomic E-state index is 13.3. The summed E-state index contributed by atoms with van der Waals surface area (Å²) in [5.74, 6) is 1.55. The standard InChI is InChI=1S/C22H21O3S.C7H8O3S/c1-16-4-6-17(7-5-16)22(23)26(20-12-8-18(24-2)9-13-20)21-14-10-19(25-3)11-15-21;1-6-2-4-7(5-3-6)11(8,9)10/h4-15H,1-3H3;2-5H,1H3,(H,8,9,10)/q+1;/p-1. The molecule has 0 amide bonds. The van der Waals surface area contributed by atoms with Gasteiger partial charge in [-0.05, 0) is 86.6 Å². The molecule has 0 saturated heterocycles. The molecule has 0 aliphatic rings. The third-order valence-corrected chi connectivity index (χ3v) is 8.32. The van der Waals surface area contributed by atoms with Crippen molar-refractivity contribution in [1.29, 1.82) is 0 Å². The van der Waals surface area contributed by atoms with Gasteiger partial charge in [0.2, 0.25) is 0 Å². The van der Waals surface area contributed by atoms with E-state index in [4.69, 9.17) is 9.47 Å². The molecule has 37 heavy (non-hydrogen) atoms. The summed E-state index contributed by atoms with van der Waals surface area (Å²) in [6, 6.07) is 28.9. The maximum absolute atomic E-state index is 13.3. The van der Waals surface area contributed by atoms with Gasteiger partial charge in [-0.3, -0.25) is 0 Å². The normalized spacial score (nSPS) is 10.9. The molecule has 0 N–H and O–H groups in total. The number of rotatable bonds is 6. The third-order valence-electron chi connectivity index (χ3n) is 5.37. The van der Waals surface area contributed by atoms with Crippen molar-refractivity contribution in [3.63, 3.8) is 0 Å². The van der Waals surface area contributed by atoms with E-state index in [1.807, 2.05) is 86.6 Å². The van der Waals surface area contributed by atoms with Gasteiger partial charge in [-0.2, -0.15) is 0 Å². The fraction of sp³-hybridized carbons (Fsp3) is 0.138. The van der Waals surface area contributed by atoms with E-state index in [0.717, 1.165) is 32.4 Å². The Hall–Kier alpha value is -3.59. The second kappa shape index (κ2) is 12.6. The first-order valence-corrected chi connectivity index (χ1v) is 13.9. The highest BCUT2D eigenvalue weighted by atomic mass is 32.2. The number of carbonyl (C=O) groups is 1. The fourth-order valence-corrected chi connectivity index (χ4v) is 5.64. The molecular weight excluding hydrogens is 508 g/mol. The van der Waals surface area contributed by atoms with Gasteiger partial charge in [0.15, 0.2) is 9.79 Å². The predicted molar refractivity (Wildman–Crippen MR) is 145 cm³/mol. The Kier molecular flexibility index (Phi) is 9.52. The van der Waals surface area contributed by atoms with Crippen LogP contribution >= 0.6 is 0 Å². The first-order chi connectivity index (χ1) is 17.6. The number of aryl methyl sites for hydroxylation is 2. The predicted octanol–water partition coefficient (Wildman–Crippen LogP) is 5.79. The Bertz CT molecular complexity index is 1360. The molecule has 0 spiro atoms. The molecule has 4 aromatic rings. The van der Waals surface area contributed by atoms with Crippen molar-refractivity contribution in [1.82, 2.24) is 0 Å². The lowest BCUT2D eigenvalue weighted by molar-refractivity contribution is 0.108. The second-order valence-corrected chi connectivity index (χ2v) is 11.4. The molecule has 0 heterocycles. The average molecular weight is 537 g/mol. The van der Waals surface area contributed by atoms with Crippen LogP contribution in [0.4, 0.5) is 0 Å². The highest BCUT2D eigenvalue weighted by molar-refractivity contribution is 8.11. The monoisotopic (exact) mass is 536 g/mol. The van der Waals surface area contributed by atoms with Gasteiger partial charge >= 0.3 is 5.12 Å². The van der Waals surface area contributed by atoms with Crippen LogP contribution in [0.3, 0.4) is 0 Å². The quantitative estimate of drug-likeness (QED) is 0.229. The van der Waals surface area contributed by atoms with Crippen LogP contribution in [-0.4, -0.2) is 32.3 Å². The molecule has 0 aliphatic heterocycles. The Balaban J connectivity index is 0.000000289. The average Bonchev–Trinajstić information content (AvgIpc) is 2.90. The maximum Gasteiger partial charge on any atom is 0.373 e. The number of ether oxygens (including phenoxy) is 2. The van der Waals surface area contributed by atoms with Crippen LogP contribution in [0.5, 0.6) is 11.5 Å². The van der Waals surface area contributed by atoms with E-state index in [9.17, 15) is 17.8 Å². The SMILES string of the molecule is COc1ccc([S+](C(=O)c2ccc(C)cc2)c2ccc(OC)cc2)cc1.Cc1ccc(S(=O)(=O)[O-])cc1. The van der Waals surface area contributed by atoms with E-state index in [2.05, 4.69) is 0 Å². The molecule has 0 saturated carbocycles. The van der Waals surface area contributed by atoms with Crippen LogP contribution in [0.2, 0.25) is 0 Å². The third kappa shape index (κ3) is 7.69. The first-order valence-electron chi connectivity index (χ1n) is 11.3. The number of hydrogen-bond acceptors (Lipinski definition) is 6. The Morgan fingerprint density at radius 2 is 1.03 bits per heavy atom. The first kappa shape index (κ1) is 28.0. The molecule has 192 valence electrons. The summed E-state index contributed by atoms with van der Waals surface area (Å²) < 4.78 is 41.7. The van der Waals surface area contributed by atoms with Crippen molar-refractivity contribution in [2.75, 3.05) is 14.2 Å². The van der Waals surface area contributed by atoms with Crippen LogP contribution in [0.1, 0.15) is 21.5 Å². The topological polar surface area (TPSA) is 92.7 Å². The number of hydrogen-bond donors (Lipinski definition) is 0. The second-order valence-electron chi connectivity index (χ2n) is 8.08. The van der Waals surface area contributed by atoms with Crippen molar-refractivity contribution >= 4 is 26.1 Å². The lowest BCUT2D eigenvalue weighted by Gasteiger charge is -2.08. The molecule has 4 rings (SSSR count). The van der Waals surface area contributed by atoms with Crippen molar-refractivity contribution in [2.45, 2.75) is 28.5 Å². The van der Waals surface area contributed by atoms with Crippen molar-refractivity contribution < 1.29 is 27.2 Å². The van der Waals surface area contributed by atoms with Crippen molar-refractivity contribution in [2.24, 2.45) is 0 Å². The van der Waals surface area contributed by atoms with E-state index in [1.165, 1.54) is 12.1 Å². The summed E-state index contributed by atoms with van der Waals surface area (Å²) in [4.78, 5) is 15.1. The van der Waals surface area contributed by atoms with Crippen LogP contribution in [0.15, 0.2) is 112 Å². The van der Waals surface area contributed by atoms with Gasteiger partial charge in [0.25, 0.3) is 0 Å². The molecule has 8 heteroatoms. The fourth-order valence-electron chi connectivity index (χ4n) is 3.29. The van der Waals surface area contributed by atoms with Crippen LogP contribution in [-0.2, 0) is 21.0 Å². The molecule has 0 unspecified atom stereocenters. The molecule has 4 aromatic carbocycles. The van der Waals surface area contributed by atoms with Crippen LogP contribution in [0.25, 0.3) is 0 Å². The minimum absolute atomic E-state index is 0.0975. The summed E-state index contributed by atoms with van der Waals surface area (Å²) in [6.07, 6.45) is 0. The van der Waals surface area contributed by atoms with E-state index >= 15 is 0 Å².